The van der Waals surface area contributed by atoms with E-state index in [1.54, 1.807) is 24.3 Å². The molecule has 4 N–H and O–H groups in total. The lowest BCUT2D eigenvalue weighted by molar-refractivity contribution is -0.126. The molecule has 1 aromatic carbocycles. The van der Waals surface area contributed by atoms with E-state index in [0.29, 0.717) is 30.1 Å². The van der Waals surface area contributed by atoms with Gasteiger partial charge in [-0.1, -0.05) is 36.9 Å². The number of nitrogens with one attached hydrogen (secondary N) is 3. The largest absolute Gasteiger partial charge is 0.394 e. The smallest absolute Gasteiger partial charge is 0.319 e. The van der Waals surface area contributed by atoms with Gasteiger partial charge in [0.25, 0.3) is 0 Å². The van der Waals surface area contributed by atoms with Gasteiger partial charge in [-0.3, -0.25) is 4.79 Å². The van der Waals surface area contributed by atoms with E-state index in [9.17, 15) is 14.7 Å². The third-order valence-electron chi connectivity index (χ3n) is 5.94. The van der Waals surface area contributed by atoms with E-state index in [1.165, 1.54) is 6.42 Å². The number of hydrogen-bond acceptors (Lipinski definition) is 4. The van der Waals surface area contributed by atoms with Crippen LogP contribution in [0.15, 0.2) is 24.3 Å². The number of carbonyl (C=O) groups excluding carboxylic acids is 2. The SMILES string of the molecule is O=C(Nc1cccc(Cl)c1)N[C@@H]1CC[C@H](CCNC(=O)C2CCCCC2)O[C@@H]1CO. The number of rotatable bonds is 7. The lowest BCUT2D eigenvalue weighted by atomic mass is 9.88. The average Bonchev–Trinajstić information content (AvgIpc) is 2.75. The standard InChI is InChI=1S/C22H32ClN3O4/c23-16-7-4-8-17(13-16)25-22(29)26-19-10-9-18(30-20(19)14-27)11-12-24-21(28)15-5-2-1-3-6-15/h4,7-8,13,15,18-20,27H,1-3,5-6,9-12,14H2,(H,24,28)(H2,25,26,29)/t18-,19-,20-/m1/s1. The predicted molar refractivity (Wildman–Crippen MR) is 117 cm³/mol. The zero-order chi connectivity index (χ0) is 21.3. The molecule has 3 atom stereocenters. The Labute approximate surface area is 182 Å². The lowest BCUT2D eigenvalue weighted by Gasteiger charge is -2.36. The molecule has 1 aliphatic heterocycles. The Morgan fingerprint density at radius 1 is 1.13 bits per heavy atom. The number of benzene rings is 1. The highest BCUT2D eigenvalue weighted by molar-refractivity contribution is 6.30. The van der Waals surface area contributed by atoms with Gasteiger partial charge in [-0.2, -0.15) is 0 Å². The maximum absolute atomic E-state index is 12.3. The highest BCUT2D eigenvalue weighted by Gasteiger charge is 2.32. The second-order valence-electron chi connectivity index (χ2n) is 8.19. The molecule has 1 aromatic rings. The number of urea groups is 1. The van der Waals surface area contributed by atoms with E-state index in [0.717, 1.165) is 32.1 Å². The molecule has 2 aliphatic rings. The number of hydrogen-bond donors (Lipinski definition) is 4. The van der Waals surface area contributed by atoms with E-state index in [-0.39, 0.29) is 36.6 Å². The summed E-state index contributed by atoms with van der Waals surface area (Å²) in [6.07, 6.45) is 7.15. The van der Waals surface area contributed by atoms with Crippen molar-refractivity contribution in [3.05, 3.63) is 29.3 Å². The Kier molecular flexibility index (Phi) is 8.78. The predicted octanol–water partition coefficient (Wildman–Crippen LogP) is 3.46. The molecule has 1 aliphatic carbocycles. The van der Waals surface area contributed by atoms with Crippen LogP contribution < -0.4 is 16.0 Å². The van der Waals surface area contributed by atoms with Crippen molar-refractivity contribution in [2.45, 2.75) is 69.6 Å². The molecule has 3 rings (SSSR count). The van der Waals surface area contributed by atoms with Crippen LogP contribution in [0.25, 0.3) is 0 Å². The Bertz CT molecular complexity index is 711. The van der Waals surface area contributed by atoms with E-state index in [2.05, 4.69) is 16.0 Å². The first-order valence-corrected chi connectivity index (χ1v) is 11.3. The highest BCUT2D eigenvalue weighted by atomic mass is 35.5. The summed E-state index contributed by atoms with van der Waals surface area (Å²) in [5.41, 5.74) is 0.601. The van der Waals surface area contributed by atoms with Gasteiger partial charge in [0, 0.05) is 23.2 Å². The quantitative estimate of drug-likeness (QED) is 0.524. The number of anilines is 1. The van der Waals surface area contributed by atoms with Crippen LogP contribution in [0.2, 0.25) is 5.02 Å². The maximum atomic E-state index is 12.3. The van der Waals surface area contributed by atoms with Crippen LogP contribution in [0.3, 0.4) is 0 Å². The minimum Gasteiger partial charge on any atom is -0.394 e. The van der Waals surface area contributed by atoms with Crippen LogP contribution in [-0.4, -0.2) is 48.4 Å². The summed E-state index contributed by atoms with van der Waals surface area (Å²) in [6.45, 7) is 0.401. The minimum atomic E-state index is -0.470. The molecule has 166 valence electrons. The van der Waals surface area contributed by atoms with Crippen LogP contribution in [0.5, 0.6) is 0 Å². The fraction of sp³-hybridized carbons (Fsp3) is 0.636. The fourth-order valence-electron chi connectivity index (χ4n) is 4.28. The Morgan fingerprint density at radius 2 is 1.93 bits per heavy atom. The van der Waals surface area contributed by atoms with Gasteiger partial charge in [-0.05, 0) is 50.3 Å². The van der Waals surface area contributed by atoms with Crippen molar-refractivity contribution in [2.24, 2.45) is 5.92 Å². The van der Waals surface area contributed by atoms with E-state index < -0.39 is 6.10 Å². The zero-order valence-electron chi connectivity index (χ0n) is 17.2. The van der Waals surface area contributed by atoms with Crippen molar-refractivity contribution in [1.29, 1.82) is 0 Å². The maximum Gasteiger partial charge on any atom is 0.319 e. The van der Waals surface area contributed by atoms with Gasteiger partial charge in [0.05, 0.1) is 18.8 Å². The topological polar surface area (TPSA) is 99.7 Å². The van der Waals surface area contributed by atoms with Gasteiger partial charge in [0.1, 0.15) is 6.10 Å². The van der Waals surface area contributed by atoms with Crippen LogP contribution in [0.4, 0.5) is 10.5 Å². The van der Waals surface area contributed by atoms with Crippen LogP contribution in [-0.2, 0) is 9.53 Å². The number of amides is 3. The number of ether oxygens (including phenoxy) is 1. The molecule has 2 fully saturated rings. The first kappa shape index (κ1) is 22.8. The summed E-state index contributed by atoms with van der Waals surface area (Å²) >= 11 is 5.94. The molecule has 0 spiro atoms. The van der Waals surface area contributed by atoms with Gasteiger partial charge in [0.2, 0.25) is 5.91 Å². The highest BCUT2D eigenvalue weighted by Crippen LogP contribution is 2.24. The molecule has 1 saturated carbocycles. The van der Waals surface area contributed by atoms with E-state index >= 15 is 0 Å². The van der Waals surface area contributed by atoms with Crippen molar-refractivity contribution >= 4 is 29.2 Å². The second-order valence-corrected chi connectivity index (χ2v) is 8.62. The zero-order valence-corrected chi connectivity index (χ0v) is 18.0. The first-order chi connectivity index (χ1) is 14.5. The average molecular weight is 438 g/mol. The summed E-state index contributed by atoms with van der Waals surface area (Å²) in [7, 11) is 0. The van der Waals surface area contributed by atoms with Crippen molar-refractivity contribution in [3.63, 3.8) is 0 Å². The molecule has 0 unspecified atom stereocenters. The van der Waals surface area contributed by atoms with Crippen molar-refractivity contribution in [3.8, 4) is 0 Å². The van der Waals surface area contributed by atoms with E-state index in [4.69, 9.17) is 16.3 Å². The van der Waals surface area contributed by atoms with Crippen molar-refractivity contribution in [1.82, 2.24) is 10.6 Å². The van der Waals surface area contributed by atoms with Crippen LogP contribution in [0.1, 0.15) is 51.4 Å². The third-order valence-corrected chi connectivity index (χ3v) is 6.17. The van der Waals surface area contributed by atoms with Crippen molar-refractivity contribution in [2.75, 3.05) is 18.5 Å². The number of aliphatic hydroxyl groups excluding tert-OH is 1. The molecule has 0 bridgehead atoms. The van der Waals surface area contributed by atoms with Gasteiger partial charge >= 0.3 is 6.03 Å². The fourth-order valence-corrected chi connectivity index (χ4v) is 4.47. The van der Waals surface area contributed by atoms with Crippen LogP contribution in [0, 0.1) is 5.92 Å². The molecule has 7 nitrogen and oxygen atoms in total. The summed E-state index contributed by atoms with van der Waals surface area (Å²) < 4.78 is 5.98. The molecule has 30 heavy (non-hydrogen) atoms. The molecular formula is C22H32ClN3O4. The Hall–Kier alpha value is -1.83. The molecule has 0 aromatic heterocycles. The molecule has 3 amide bonds. The number of halogens is 1. The summed E-state index contributed by atoms with van der Waals surface area (Å²) in [5, 5.41) is 18.9. The van der Waals surface area contributed by atoms with Crippen molar-refractivity contribution < 1.29 is 19.4 Å². The Morgan fingerprint density at radius 3 is 2.67 bits per heavy atom. The van der Waals surface area contributed by atoms with Gasteiger partial charge in [0.15, 0.2) is 0 Å². The lowest BCUT2D eigenvalue weighted by Crippen LogP contribution is -2.52. The van der Waals surface area contributed by atoms with E-state index in [1.807, 2.05) is 0 Å². The molecule has 8 heteroatoms. The molecule has 0 radical (unpaired) electrons. The second kappa shape index (κ2) is 11.5. The van der Waals surface area contributed by atoms with Gasteiger partial charge in [-0.25, -0.2) is 4.79 Å². The van der Waals surface area contributed by atoms with Crippen LogP contribution >= 0.6 is 11.6 Å². The molecular weight excluding hydrogens is 406 g/mol. The third kappa shape index (κ3) is 6.86. The number of carbonyl (C=O) groups is 2. The first-order valence-electron chi connectivity index (χ1n) is 10.9. The normalized spacial score (nSPS) is 24.8. The minimum absolute atomic E-state index is 0.0390. The summed E-state index contributed by atoms with van der Waals surface area (Å²) in [5.74, 6) is 0.309. The molecule has 1 heterocycles. The summed E-state index contributed by atoms with van der Waals surface area (Å²) in [6, 6.07) is 6.28. The Balaban J connectivity index is 1.39. The number of aliphatic hydroxyl groups is 1. The monoisotopic (exact) mass is 437 g/mol. The van der Waals surface area contributed by atoms with Gasteiger partial charge in [-0.15, -0.1) is 0 Å². The molecule has 1 saturated heterocycles. The van der Waals surface area contributed by atoms with Gasteiger partial charge < -0.3 is 25.8 Å². The summed E-state index contributed by atoms with van der Waals surface area (Å²) in [4.78, 5) is 24.5.